The van der Waals surface area contributed by atoms with Crippen molar-refractivity contribution in [1.82, 2.24) is 9.80 Å². The number of nitrogens with zero attached hydrogens (tertiary/aromatic N) is 2. The normalized spacial score (nSPS) is 24.0. The van der Waals surface area contributed by atoms with Gasteiger partial charge in [-0.1, -0.05) is 50.5 Å². The van der Waals surface area contributed by atoms with Gasteiger partial charge in [0.25, 0.3) is 5.91 Å². The number of hydrogen-bond acceptors (Lipinski definition) is 3. The zero-order chi connectivity index (χ0) is 26.5. The number of para-hydroxylation sites is 1. The molecule has 3 aliphatic rings. The molecule has 5 nitrogen and oxygen atoms in total. The lowest BCUT2D eigenvalue weighted by atomic mass is 9.76. The van der Waals surface area contributed by atoms with E-state index in [2.05, 4.69) is 11.8 Å². The summed E-state index contributed by atoms with van der Waals surface area (Å²) < 4.78 is 21.0. The van der Waals surface area contributed by atoms with E-state index in [1.54, 1.807) is 12.1 Å². The maximum Gasteiger partial charge on any atom is 0.257 e. The largest absolute Gasteiger partial charge is 0.487 e. The van der Waals surface area contributed by atoms with E-state index in [4.69, 9.17) is 4.74 Å². The molecule has 0 bridgehead atoms. The first-order valence-electron chi connectivity index (χ1n) is 14.7. The fraction of sp³-hybridized carbons (Fsp3) is 0.562. The molecule has 204 valence electrons. The Balaban J connectivity index is 1.52. The number of hydrogen-bond donors (Lipinski definition) is 0. The van der Waals surface area contributed by atoms with Gasteiger partial charge in [-0.05, 0) is 81.2 Å². The highest BCUT2D eigenvalue weighted by Crippen LogP contribution is 2.44. The van der Waals surface area contributed by atoms with E-state index in [1.165, 1.54) is 6.07 Å². The molecular weight excluding hydrogens is 479 g/mol. The second-order valence-electron chi connectivity index (χ2n) is 11.3. The van der Waals surface area contributed by atoms with E-state index in [0.717, 1.165) is 76.2 Å². The number of fused-ring (bicyclic) bond motifs is 2. The van der Waals surface area contributed by atoms with Crippen molar-refractivity contribution >= 4 is 11.8 Å². The fourth-order valence-corrected chi connectivity index (χ4v) is 6.90. The van der Waals surface area contributed by atoms with Crippen molar-refractivity contribution < 1.29 is 18.7 Å². The lowest BCUT2D eigenvalue weighted by Gasteiger charge is -2.44. The smallest absolute Gasteiger partial charge is 0.257 e. The lowest BCUT2D eigenvalue weighted by molar-refractivity contribution is -0.143. The maximum atomic E-state index is 14.7. The van der Waals surface area contributed by atoms with E-state index in [9.17, 15) is 14.0 Å². The Hall–Kier alpha value is -2.89. The van der Waals surface area contributed by atoms with Crippen LogP contribution in [-0.4, -0.2) is 53.4 Å². The average Bonchev–Trinajstić information content (AvgIpc) is 3.44. The minimum absolute atomic E-state index is 0.0272. The van der Waals surface area contributed by atoms with Crippen LogP contribution in [0, 0.1) is 5.82 Å². The second-order valence-corrected chi connectivity index (χ2v) is 11.3. The molecule has 0 radical (unpaired) electrons. The molecule has 2 fully saturated rings. The van der Waals surface area contributed by atoms with Crippen LogP contribution in [-0.2, 0) is 10.2 Å². The number of amides is 2. The van der Waals surface area contributed by atoms with Gasteiger partial charge in [-0.2, -0.15) is 0 Å². The molecule has 2 amide bonds. The summed E-state index contributed by atoms with van der Waals surface area (Å²) in [5, 5.41) is 0. The zero-order valence-corrected chi connectivity index (χ0v) is 22.7. The molecule has 0 N–H and O–H groups in total. The Morgan fingerprint density at radius 3 is 2.53 bits per heavy atom. The molecule has 38 heavy (non-hydrogen) atoms. The summed E-state index contributed by atoms with van der Waals surface area (Å²) in [4.78, 5) is 32.2. The van der Waals surface area contributed by atoms with Crippen molar-refractivity contribution in [2.75, 3.05) is 19.6 Å². The summed E-state index contributed by atoms with van der Waals surface area (Å²) in [6.07, 6.45) is 9.65. The van der Waals surface area contributed by atoms with Crippen LogP contribution in [0.1, 0.15) is 93.5 Å². The van der Waals surface area contributed by atoms with Crippen molar-refractivity contribution in [2.45, 2.75) is 95.1 Å². The van der Waals surface area contributed by atoms with Gasteiger partial charge in [0.15, 0.2) is 0 Å². The van der Waals surface area contributed by atoms with Crippen molar-refractivity contribution in [3.05, 3.63) is 65.5 Å². The topological polar surface area (TPSA) is 49.9 Å². The Morgan fingerprint density at radius 2 is 1.74 bits per heavy atom. The molecule has 0 saturated heterocycles. The molecule has 6 heteroatoms. The summed E-state index contributed by atoms with van der Waals surface area (Å²) in [7, 11) is 0. The predicted molar refractivity (Wildman–Crippen MR) is 147 cm³/mol. The van der Waals surface area contributed by atoms with Crippen molar-refractivity contribution in [3.63, 3.8) is 0 Å². The second kappa shape index (κ2) is 11.9. The Kier molecular flexibility index (Phi) is 8.35. The van der Waals surface area contributed by atoms with Gasteiger partial charge in [0.2, 0.25) is 5.91 Å². The van der Waals surface area contributed by atoms with E-state index < -0.39 is 5.41 Å². The van der Waals surface area contributed by atoms with E-state index >= 15 is 0 Å². The van der Waals surface area contributed by atoms with E-state index in [1.807, 2.05) is 35.2 Å². The zero-order valence-electron chi connectivity index (χ0n) is 22.7. The standard InChI is InChI=1S/C32H41FN2O3/c1-2-20-34-21-9-10-22-35(31(37)32(18-7-8-19-32)24-12-11-13-25(33)23-24)27-15-4-6-17-29(27)38-28-16-5-3-14-26(28)30(34)36/h3,5,11-14,16,23,27,29H,2,4,6-10,15,17-22H2,1H3/t27-,29+/m1/s1. The molecule has 2 saturated carbocycles. The highest BCUT2D eigenvalue weighted by Gasteiger charge is 2.48. The van der Waals surface area contributed by atoms with Crippen LogP contribution in [0.5, 0.6) is 5.75 Å². The lowest BCUT2D eigenvalue weighted by Crippen LogP contribution is -2.56. The SMILES string of the molecule is CCCN1CCCCN(C(=O)C2(c3cccc(F)c3)CCCC2)[C@@H]2CCCC[C@@H]2Oc2ccccc2C1=O. The fourth-order valence-electron chi connectivity index (χ4n) is 6.90. The summed E-state index contributed by atoms with van der Waals surface area (Å²) >= 11 is 0. The number of rotatable bonds is 4. The van der Waals surface area contributed by atoms with Crippen LogP contribution in [0.3, 0.4) is 0 Å². The molecule has 1 aliphatic heterocycles. The van der Waals surface area contributed by atoms with Crippen LogP contribution in [0.2, 0.25) is 0 Å². The summed E-state index contributed by atoms with van der Waals surface area (Å²) in [5.41, 5.74) is 0.740. The summed E-state index contributed by atoms with van der Waals surface area (Å²) in [6, 6.07) is 14.2. The first kappa shape index (κ1) is 26.7. The van der Waals surface area contributed by atoms with Gasteiger partial charge < -0.3 is 14.5 Å². The third kappa shape index (κ3) is 5.32. The van der Waals surface area contributed by atoms with Gasteiger partial charge in [0, 0.05) is 19.6 Å². The van der Waals surface area contributed by atoms with Crippen LogP contribution in [0.4, 0.5) is 4.39 Å². The van der Waals surface area contributed by atoms with Gasteiger partial charge in [-0.3, -0.25) is 9.59 Å². The van der Waals surface area contributed by atoms with Crippen LogP contribution >= 0.6 is 0 Å². The van der Waals surface area contributed by atoms with Crippen LogP contribution in [0.25, 0.3) is 0 Å². The van der Waals surface area contributed by atoms with Gasteiger partial charge in [-0.15, -0.1) is 0 Å². The Morgan fingerprint density at radius 1 is 0.974 bits per heavy atom. The van der Waals surface area contributed by atoms with Gasteiger partial charge in [-0.25, -0.2) is 4.39 Å². The number of benzene rings is 2. The highest BCUT2D eigenvalue weighted by molar-refractivity contribution is 5.97. The van der Waals surface area contributed by atoms with Gasteiger partial charge >= 0.3 is 0 Å². The van der Waals surface area contributed by atoms with Crippen molar-refractivity contribution in [2.24, 2.45) is 0 Å². The molecule has 2 aromatic rings. The number of carbonyl (C=O) groups is 2. The maximum absolute atomic E-state index is 14.7. The molecule has 0 aromatic heterocycles. The third-order valence-corrected chi connectivity index (χ3v) is 8.83. The minimum atomic E-state index is -0.677. The third-order valence-electron chi connectivity index (χ3n) is 8.83. The molecule has 1 heterocycles. The molecule has 0 unspecified atom stereocenters. The van der Waals surface area contributed by atoms with Crippen LogP contribution < -0.4 is 4.74 Å². The molecule has 5 rings (SSSR count). The number of halogens is 1. The number of ether oxygens (including phenoxy) is 1. The highest BCUT2D eigenvalue weighted by atomic mass is 19.1. The molecular formula is C32H41FN2O3. The first-order chi connectivity index (χ1) is 18.5. The minimum Gasteiger partial charge on any atom is -0.487 e. The van der Waals surface area contributed by atoms with Crippen molar-refractivity contribution in [1.29, 1.82) is 0 Å². The molecule has 2 atom stereocenters. The first-order valence-corrected chi connectivity index (χ1v) is 14.7. The van der Waals surface area contributed by atoms with Gasteiger partial charge in [0.1, 0.15) is 17.7 Å². The monoisotopic (exact) mass is 520 g/mol. The Bertz CT molecular complexity index is 1130. The Labute approximate surface area is 226 Å². The molecule has 2 aliphatic carbocycles. The quantitative estimate of drug-likeness (QED) is 0.462. The average molecular weight is 521 g/mol. The summed E-state index contributed by atoms with van der Waals surface area (Å²) in [5.74, 6) is 0.489. The van der Waals surface area contributed by atoms with E-state index in [-0.39, 0.29) is 29.8 Å². The summed E-state index contributed by atoms with van der Waals surface area (Å²) in [6.45, 7) is 4.08. The van der Waals surface area contributed by atoms with E-state index in [0.29, 0.717) is 30.9 Å². The number of carbonyl (C=O) groups excluding carboxylic acids is 2. The van der Waals surface area contributed by atoms with Crippen molar-refractivity contribution in [3.8, 4) is 5.75 Å². The molecule has 0 spiro atoms. The molecule has 2 aromatic carbocycles. The van der Waals surface area contributed by atoms with Gasteiger partial charge in [0.05, 0.1) is 17.0 Å². The van der Waals surface area contributed by atoms with Crippen LogP contribution in [0.15, 0.2) is 48.5 Å². The predicted octanol–water partition coefficient (Wildman–Crippen LogP) is 6.50.